The van der Waals surface area contributed by atoms with Gasteiger partial charge < -0.3 is 14.2 Å². The molecule has 1 amide bonds. The maximum atomic E-state index is 13.1. The van der Waals surface area contributed by atoms with Crippen molar-refractivity contribution >= 4 is 15.7 Å². The molecule has 1 unspecified atom stereocenters. The quantitative estimate of drug-likeness (QED) is 0.519. The van der Waals surface area contributed by atoms with Gasteiger partial charge in [-0.05, 0) is 38.0 Å². The third kappa shape index (κ3) is 5.45. The van der Waals surface area contributed by atoms with E-state index in [1.807, 2.05) is 0 Å². The number of ether oxygens (including phenoxy) is 1. The minimum Gasteiger partial charge on any atom is -0.480 e. The molecule has 0 aliphatic heterocycles. The Morgan fingerprint density at radius 3 is 2.32 bits per heavy atom. The molecule has 1 aromatic carbocycles. The van der Waals surface area contributed by atoms with Gasteiger partial charge in [0.1, 0.15) is 5.75 Å². The number of aromatic nitrogens is 2. The van der Waals surface area contributed by atoms with Crippen molar-refractivity contribution in [3.63, 3.8) is 0 Å². The molecule has 1 aliphatic rings. The molecule has 1 fully saturated rings. The van der Waals surface area contributed by atoms with Crippen LogP contribution in [-0.2, 0) is 21.4 Å². The predicted octanol–water partition coefficient (Wildman–Crippen LogP) is 3.63. The minimum atomic E-state index is -4.85. The first-order valence-electron chi connectivity index (χ1n) is 9.68. The molecular formula is C19H19F6N3O5S. The van der Waals surface area contributed by atoms with Crippen molar-refractivity contribution in [2.45, 2.75) is 48.5 Å². The highest BCUT2D eigenvalue weighted by molar-refractivity contribution is 7.90. The van der Waals surface area contributed by atoms with Gasteiger partial charge in [-0.25, -0.2) is 8.42 Å². The lowest BCUT2D eigenvalue weighted by Crippen LogP contribution is -2.36. The average Bonchev–Trinajstić information content (AvgIpc) is 3.28. The summed E-state index contributed by atoms with van der Waals surface area (Å²) in [5, 5.41) is 3.36. The molecule has 1 aliphatic carbocycles. The van der Waals surface area contributed by atoms with Crippen molar-refractivity contribution in [1.82, 2.24) is 15.0 Å². The molecule has 0 N–H and O–H groups in total. The maximum absolute atomic E-state index is 13.1. The summed E-state index contributed by atoms with van der Waals surface area (Å²) < 4.78 is 110. The number of hydrogen-bond acceptors (Lipinski definition) is 7. The highest BCUT2D eigenvalue weighted by atomic mass is 32.2. The summed E-state index contributed by atoms with van der Waals surface area (Å²) in [6.07, 6.45) is -10.4. The van der Waals surface area contributed by atoms with Crippen molar-refractivity contribution in [2.24, 2.45) is 0 Å². The van der Waals surface area contributed by atoms with Gasteiger partial charge in [0, 0.05) is 19.8 Å². The number of sulfone groups is 1. The van der Waals surface area contributed by atoms with Crippen molar-refractivity contribution in [1.29, 1.82) is 0 Å². The summed E-state index contributed by atoms with van der Waals surface area (Å²) in [6, 6.07) is 2.84. The van der Waals surface area contributed by atoms with Gasteiger partial charge >= 0.3 is 18.2 Å². The topological polar surface area (TPSA) is 103 Å². The molecule has 15 heteroatoms. The summed E-state index contributed by atoms with van der Waals surface area (Å²) in [4.78, 5) is 17.2. The van der Waals surface area contributed by atoms with E-state index in [9.17, 15) is 39.6 Å². The summed E-state index contributed by atoms with van der Waals surface area (Å²) >= 11 is 0. The average molecular weight is 515 g/mol. The van der Waals surface area contributed by atoms with E-state index in [0.717, 1.165) is 36.3 Å². The molecule has 0 saturated heterocycles. The van der Waals surface area contributed by atoms with Gasteiger partial charge in [-0.1, -0.05) is 5.16 Å². The maximum Gasteiger partial charge on any atom is 0.471 e. The van der Waals surface area contributed by atoms with Crippen molar-refractivity contribution < 1.29 is 48.8 Å². The highest BCUT2D eigenvalue weighted by Gasteiger charge is 2.51. The number of halogens is 6. The predicted molar refractivity (Wildman–Crippen MR) is 103 cm³/mol. The van der Waals surface area contributed by atoms with Crippen LogP contribution >= 0.6 is 0 Å². The minimum absolute atomic E-state index is 0.194. The van der Waals surface area contributed by atoms with Crippen molar-refractivity contribution in [3.8, 4) is 5.75 Å². The Kier molecular flexibility index (Phi) is 6.39. The Morgan fingerprint density at radius 1 is 1.24 bits per heavy atom. The van der Waals surface area contributed by atoms with Crippen LogP contribution in [0.5, 0.6) is 5.75 Å². The zero-order valence-electron chi connectivity index (χ0n) is 18.0. The van der Waals surface area contributed by atoms with E-state index < -0.39 is 56.8 Å². The van der Waals surface area contributed by atoms with Crippen LogP contribution in [0.25, 0.3) is 0 Å². The van der Waals surface area contributed by atoms with Gasteiger partial charge in [-0.15, -0.1) is 0 Å². The van der Waals surface area contributed by atoms with E-state index in [2.05, 4.69) is 14.7 Å². The molecule has 0 radical (unpaired) electrons. The number of amides is 1. The van der Waals surface area contributed by atoms with Gasteiger partial charge in [0.25, 0.3) is 5.91 Å². The first kappa shape index (κ1) is 25.8. The molecule has 3 rings (SSSR count). The molecule has 0 bridgehead atoms. The smallest absolute Gasteiger partial charge is 0.471 e. The second-order valence-electron chi connectivity index (χ2n) is 8.09. The van der Waals surface area contributed by atoms with Crippen molar-refractivity contribution in [3.05, 3.63) is 35.5 Å². The Labute approximate surface area is 189 Å². The number of alkyl halides is 6. The number of hydrogen-bond donors (Lipinski definition) is 0. The second kappa shape index (κ2) is 8.43. The Bertz CT molecular complexity index is 1190. The summed E-state index contributed by atoms with van der Waals surface area (Å²) in [7, 11) is -2.56. The third-order valence-corrected chi connectivity index (χ3v) is 6.37. The van der Waals surface area contributed by atoms with Crippen LogP contribution in [0.1, 0.15) is 41.8 Å². The van der Waals surface area contributed by atoms with Crippen LogP contribution in [0.3, 0.4) is 0 Å². The summed E-state index contributed by atoms with van der Waals surface area (Å²) in [5.74, 6) is -3.20. The van der Waals surface area contributed by atoms with Gasteiger partial charge in [0.2, 0.25) is 0 Å². The SMILES string of the molecule is CC(Oc1ccc(S(C)(=O)=O)cc1C(=O)N(C)CC1(c2noc(C(F)(F)F)n2)CC1)C(F)(F)F. The lowest BCUT2D eigenvalue weighted by molar-refractivity contribution is -0.189. The lowest BCUT2D eigenvalue weighted by atomic mass is 10.1. The number of rotatable bonds is 7. The van der Waals surface area contributed by atoms with Gasteiger partial charge in [0.15, 0.2) is 21.8 Å². The normalized spacial score (nSPS) is 16.7. The Hall–Kier alpha value is -2.84. The highest BCUT2D eigenvalue weighted by Crippen LogP contribution is 2.48. The fraction of sp³-hybridized carbons (Fsp3) is 0.526. The molecule has 0 spiro atoms. The van der Waals surface area contributed by atoms with E-state index >= 15 is 0 Å². The first-order chi connectivity index (χ1) is 15.4. The Morgan fingerprint density at radius 2 is 1.85 bits per heavy atom. The van der Waals surface area contributed by atoms with E-state index in [1.165, 1.54) is 7.05 Å². The molecule has 1 saturated carbocycles. The van der Waals surface area contributed by atoms with Crippen LogP contribution in [0, 0.1) is 0 Å². The number of likely N-dealkylation sites (N-methyl/N-ethyl adjacent to an activating group) is 1. The second-order valence-corrected chi connectivity index (χ2v) is 10.1. The largest absolute Gasteiger partial charge is 0.480 e. The molecule has 1 atom stereocenters. The number of carbonyl (C=O) groups excluding carboxylic acids is 1. The standard InChI is InChI=1S/C19H19F6N3O5S/c1-10(18(20,21)22)32-13-5-4-11(34(3,30)31)8-12(13)14(29)28(2)9-17(6-7-17)15-26-16(33-27-15)19(23,24)25/h4-5,8,10H,6-7,9H2,1-3H3. The Balaban J connectivity index is 1.90. The van der Waals surface area contributed by atoms with E-state index in [-0.39, 0.29) is 17.3 Å². The van der Waals surface area contributed by atoms with Crippen LogP contribution in [0.2, 0.25) is 0 Å². The number of benzene rings is 1. The lowest BCUT2D eigenvalue weighted by Gasteiger charge is -2.24. The number of carbonyl (C=O) groups is 1. The molecule has 34 heavy (non-hydrogen) atoms. The monoisotopic (exact) mass is 515 g/mol. The zero-order valence-corrected chi connectivity index (χ0v) is 18.8. The van der Waals surface area contributed by atoms with E-state index in [1.54, 1.807) is 0 Å². The first-order valence-corrected chi connectivity index (χ1v) is 11.6. The fourth-order valence-electron chi connectivity index (χ4n) is 3.16. The van der Waals surface area contributed by atoms with Gasteiger partial charge in [0.05, 0.1) is 15.9 Å². The van der Waals surface area contributed by atoms with E-state index in [0.29, 0.717) is 12.8 Å². The molecule has 2 aromatic rings. The molecular weight excluding hydrogens is 496 g/mol. The van der Waals surface area contributed by atoms with Gasteiger partial charge in [-0.2, -0.15) is 31.3 Å². The zero-order chi connectivity index (χ0) is 25.7. The molecule has 8 nitrogen and oxygen atoms in total. The number of nitrogens with zero attached hydrogens (tertiary/aromatic N) is 3. The molecule has 1 heterocycles. The molecule has 1 aromatic heterocycles. The summed E-state index contributed by atoms with van der Waals surface area (Å²) in [6.45, 7) is 0.524. The van der Waals surface area contributed by atoms with Crippen LogP contribution in [0.4, 0.5) is 26.3 Å². The van der Waals surface area contributed by atoms with Crippen LogP contribution in [0.15, 0.2) is 27.6 Å². The van der Waals surface area contributed by atoms with E-state index in [4.69, 9.17) is 4.74 Å². The summed E-state index contributed by atoms with van der Waals surface area (Å²) in [5.41, 5.74) is -1.49. The van der Waals surface area contributed by atoms with Crippen molar-refractivity contribution in [2.75, 3.05) is 19.8 Å². The van der Waals surface area contributed by atoms with Crippen LogP contribution in [-0.4, -0.2) is 61.5 Å². The molecule has 188 valence electrons. The fourth-order valence-corrected chi connectivity index (χ4v) is 3.80. The van der Waals surface area contributed by atoms with Crippen LogP contribution < -0.4 is 4.74 Å². The third-order valence-electron chi connectivity index (χ3n) is 5.26. The van der Waals surface area contributed by atoms with Gasteiger partial charge in [-0.3, -0.25) is 4.79 Å².